The Balaban J connectivity index is 1.30. The second-order valence-electron chi connectivity index (χ2n) is 13.6. The number of piperidine rings is 1. The van der Waals surface area contributed by atoms with Gasteiger partial charge in [0.25, 0.3) is 0 Å². The number of nitrogens with one attached hydrogen (secondary N) is 1. The highest BCUT2D eigenvalue weighted by atomic mass is 16.6. The van der Waals surface area contributed by atoms with E-state index in [0.29, 0.717) is 34.6 Å². The number of nitrogens with two attached hydrogens (primary N) is 1. The van der Waals surface area contributed by atoms with Gasteiger partial charge in [-0.15, -0.1) is 0 Å². The molecule has 4 nitrogen and oxygen atoms in total. The van der Waals surface area contributed by atoms with Crippen LogP contribution in [0.5, 0.6) is 0 Å². The van der Waals surface area contributed by atoms with Gasteiger partial charge in [-0.2, -0.15) is 0 Å². The first-order valence-corrected chi connectivity index (χ1v) is 13.5. The number of fused-ring (bicyclic) bond motifs is 8. The smallest absolute Gasteiger partial charge is 0.181 e. The van der Waals surface area contributed by atoms with Crippen LogP contribution in [0.15, 0.2) is 0 Å². The maximum absolute atomic E-state index is 11.6. The van der Waals surface area contributed by atoms with E-state index in [1.807, 2.05) is 0 Å². The number of ether oxygens (including phenoxy) is 1. The molecule has 0 bridgehead atoms. The summed E-state index contributed by atoms with van der Waals surface area (Å²) in [5.74, 6) is 3.88. The van der Waals surface area contributed by atoms with E-state index in [4.69, 9.17) is 10.5 Å². The molecule has 176 valence electrons. The summed E-state index contributed by atoms with van der Waals surface area (Å²) in [5.41, 5.74) is 7.27. The fourth-order valence-electron chi connectivity index (χ4n) is 10.8. The Morgan fingerprint density at radius 1 is 0.968 bits per heavy atom. The zero-order valence-electron chi connectivity index (χ0n) is 20.3. The normalized spacial score (nSPS) is 63.3. The van der Waals surface area contributed by atoms with E-state index in [9.17, 15) is 5.11 Å². The van der Waals surface area contributed by atoms with Crippen LogP contribution in [-0.4, -0.2) is 35.6 Å². The van der Waals surface area contributed by atoms with Gasteiger partial charge in [0.15, 0.2) is 5.79 Å². The molecule has 4 aliphatic carbocycles. The Bertz CT molecular complexity index is 730. The molecule has 4 saturated carbocycles. The predicted molar refractivity (Wildman–Crippen MR) is 123 cm³/mol. The van der Waals surface area contributed by atoms with Crippen LogP contribution in [-0.2, 0) is 4.74 Å². The third kappa shape index (κ3) is 2.87. The molecule has 0 spiro atoms. The lowest BCUT2D eigenvalue weighted by Crippen LogP contribution is -2.68. The van der Waals surface area contributed by atoms with Crippen molar-refractivity contribution in [1.82, 2.24) is 5.32 Å². The predicted octanol–water partition coefficient (Wildman–Crippen LogP) is 4.30. The highest BCUT2D eigenvalue weighted by Gasteiger charge is 2.67. The van der Waals surface area contributed by atoms with Gasteiger partial charge >= 0.3 is 0 Å². The Kier molecular flexibility index (Phi) is 4.78. The van der Waals surface area contributed by atoms with Crippen molar-refractivity contribution in [2.24, 2.45) is 58.0 Å². The van der Waals surface area contributed by atoms with E-state index in [1.54, 1.807) is 0 Å². The summed E-state index contributed by atoms with van der Waals surface area (Å²) in [6, 6.07) is 0.525. The molecule has 6 fully saturated rings. The van der Waals surface area contributed by atoms with Crippen molar-refractivity contribution >= 4 is 0 Å². The monoisotopic (exact) mass is 430 g/mol. The van der Waals surface area contributed by atoms with Crippen LogP contribution in [0.3, 0.4) is 0 Å². The Morgan fingerprint density at radius 2 is 1.74 bits per heavy atom. The largest absolute Gasteiger partial charge is 0.364 e. The Morgan fingerprint density at radius 3 is 2.55 bits per heavy atom. The zero-order valence-corrected chi connectivity index (χ0v) is 20.3. The summed E-state index contributed by atoms with van der Waals surface area (Å²) in [7, 11) is 0. The lowest BCUT2D eigenvalue weighted by molar-refractivity contribution is -0.310. The minimum Gasteiger partial charge on any atom is -0.364 e. The van der Waals surface area contributed by atoms with E-state index in [-0.39, 0.29) is 12.1 Å². The van der Waals surface area contributed by atoms with Crippen molar-refractivity contribution in [3.63, 3.8) is 0 Å². The molecule has 13 atom stereocenters. The quantitative estimate of drug-likeness (QED) is 0.536. The van der Waals surface area contributed by atoms with Gasteiger partial charge in [-0.05, 0) is 110 Å². The topological polar surface area (TPSA) is 67.5 Å². The van der Waals surface area contributed by atoms with Crippen molar-refractivity contribution < 1.29 is 9.84 Å². The summed E-state index contributed by atoms with van der Waals surface area (Å²) >= 11 is 0. The summed E-state index contributed by atoms with van der Waals surface area (Å²) in [4.78, 5) is 0. The van der Waals surface area contributed by atoms with Gasteiger partial charge in [-0.25, -0.2) is 0 Å². The second kappa shape index (κ2) is 6.93. The minimum absolute atomic E-state index is 0.0892. The molecular formula is C27H46N2O2. The molecule has 2 heterocycles. The molecular weight excluding hydrogens is 384 g/mol. The summed E-state index contributed by atoms with van der Waals surface area (Å²) in [6.07, 6.45) is 11.5. The lowest BCUT2D eigenvalue weighted by atomic mass is 9.44. The van der Waals surface area contributed by atoms with Crippen LogP contribution in [0.25, 0.3) is 0 Å². The first-order valence-electron chi connectivity index (χ1n) is 13.5. The molecule has 0 aromatic heterocycles. The van der Waals surface area contributed by atoms with Crippen LogP contribution in [0, 0.1) is 52.3 Å². The number of rotatable bonds is 0. The number of aliphatic hydroxyl groups is 1. The fourth-order valence-corrected chi connectivity index (χ4v) is 10.8. The average Bonchev–Trinajstić information content (AvgIpc) is 2.99. The third-order valence-corrected chi connectivity index (χ3v) is 12.1. The van der Waals surface area contributed by atoms with E-state index < -0.39 is 5.79 Å². The van der Waals surface area contributed by atoms with Crippen LogP contribution < -0.4 is 11.1 Å². The third-order valence-electron chi connectivity index (χ3n) is 12.1. The molecule has 0 aromatic carbocycles. The molecule has 2 aliphatic heterocycles. The highest BCUT2D eigenvalue weighted by Crippen LogP contribution is 2.69. The zero-order chi connectivity index (χ0) is 21.8. The van der Waals surface area contributed by atoms with Crippen molar-refractivity contribution in [3.05, 3.63) is 0 Å². The molecule has 0 amide bonds. The van der Waals surface area contributed by atoms with E-state index in [2.05, 4.69) is 33.0 Å². The molecule has 4 heteroatoms. The molecule has 2 unspecified atom stereocenters. The Labute approximate surface area is 189 Å². The van der Waals surface area contributed by atoms with Gasteiger partial charge in [-0.1, -0.05) is 27.7 Å². The van der Waals surface area contributed by atoms with Crippen LogP contribution in [0.2, 0.25) is 0 Å². The van der Waals surface area contributed by atoms with Crippen molar-refractivity contribution in [3.8, 4) is 0 Å². The first kappa shape index (κ1) is 21.4. The SMILES string of the molecule is CC1[C@H]2NC[C@H](C)C[C@]2(O)O[C@@H]2C[C@H]3[C@@H]4CC[C@H]5C[C@@H](N)CC[C@]5(C)C4CC[C@]3(C)[C@@H]12. The summed E-state index contributed by atoms with van der Waals surface area (Å²) in [5, 5.41) is 15.3. The maximum Gasteiger partial charge on any atom is 0.181 e. The molecule has 0 radical (unpaired) electrons. The van der Waals surface area contributed by atoms with E-state index >= 15 is 0 Å². The molecule has 2 saturated heterocycles. The highest BCUT2D eigenvalue weighted by molar-refractivity contribution is 5.15. The van der Waals surface area contributed by atoms with Gasteiger partial charge < -0.3 is 20.9 Å². The lowest BCUT2D eigenvalue weighted by Gasteiger charge is -2.62. The van der Waals surface area contributed by atoms with Gasteiger partial charge in [0, 0.05) is 12.5 Å². The fraction of sp³-hybridized carbons (Fsp3) is 1.00. The molecule has 6 rings (SSSR count). The van der Waals surface area contributed by atoms with Crippen molar-refractivity contribution in [1.29, 1.82) is 0 Å². The molecule has 6 aliphatic rings. The second-order valence-corrected chi connectivity index (χ2v) is 13.6. The maximum atomic E-state index is 11.6. The minimum atomic E-state index is -0.968. The first-order chi connectivity index (χ1) is 14.7. The van der Waals surface area contributed by atoms with Crippen molar-refractivity contribution in [2.75, 3.05) is 6.54 Å². The van der Waals surface area contributed by atoms with Crippen molar-refractivity contribution in [2.45, 2.75) is 109 Å². The summed E-state index contributed by atoms with van der Waals surface area (Å²) < 4.78 is 6.70. The molecule has 0 aromatic rings. The van der Waals surface area contributed by atoms with Gasteiger partial charge in [0.2, 0.25) is 0 Å². The van der Waals surface area contributed by atoms with Crippen LogP contribution >= 0.6 is 0 Å². The van der Waals surface area contributed by atoms with Crippen LogP contribution in [0.4, 0.5) is 0 Å². The summed E-state index contributed by atoms with van der Waals surface area (Å²) in [6.45, 7) is 10.9. The molecule has 4 N–H and O–H groups in total. The molecule has 31 heavy (non-hydrogen) atoms. The van der Waals surface area contributed by atoms with E-state index in [1.165, 1.54) is 51.4 Å². The van der Waals surface area contributed by atoms with Crippen LogP contribution in [0.1, 0.15) is 85.5 Å². The van der Waals surface area contributed by atoms with E-state index in [0.717, 1.165) is 36.6 Å². The number of hydrogen-bond acceptors (Lipinski definition) is 4. The van der Waals surface area contributed by atoms with Gasteiger partial charge in [-0.3, -0.25) is 0 Å². The average molecular weight is 431 g/mol. The Hall–Kier alpha value is -0.160. The standard InChI is InChI=1S/C27H46N2O2/c1-15-13-27(30)24(29-14-15)16(2)23-22(31-27)12-21-19-6-5-17-11-18(28)7-9-25(17,3)20(19)8-10-26(21,23)4/h15-24,29-30H,5-14,28H2,1-4H3/t15-,16?,17+,18+,19-,20?,21+,22-,23+,24-,25+,26+,27+/m1/s1. The van der Waals surface area contributed by atoms with Gasteiger partial charge in [0.05, 0.1) is 12.1 Å². The number of hydrogen-bond donors (Lipinski definition) is 3. The van der Waals surface area contributed by atoms with Gasteiger partial charge in [0.1, 0.15) is 0 Å².